The van der Waals surface area contributed by atoms with Crippen LogP contribution >= 0.6 is 11.3 Å². The summed E-state index contributed by atoms with van der Waals surface area (Å²) >= 11 is 1.62. The van der Waals surface area contributed by atoms with Gasteiger partial charge in [-0.1, -0.05) is 6.08 Å². The molecule has 1 N–H and O–H groups in total. The van der Waals surface area contributed by atoms with E-state index < -0.39 is 5.97 Å². The molecule has 2 nitrogen and oxygen atoms in total. The minimum Gasteiger partial charge on any atom is -0.478 e. The predicted molar refractivity (Wildman–Crippen MR) is 44.8 cm³/mol. The zero-order valence-corrected chi connectivity index (χ0v) is 6.67. The predicted octanol–water partition coefficient (Wildman–Crippen LogP) is 1.93. The van der Waals surface area contributed by atoms with Gasteiger partial charge in [0.25, 0.3) is 0 Å². The average Bonchev–Trinajstić information content (AvgIpc) is 2.39. The summed E-state index contributed by atoms with van der Waals surface area (Å²) in [4.78, 5) is 10.0. The van der Waals surface area contributed by atoms with Crippen molar-refractivity contribution in [3.05, 3.63) is 34.5 Å². The Morgan fingerprint density at radius 2 is 2.55 bits per heavy atom. The van der Waals surface area contributed by atoms with E-state index >= 15 is 0 Å². The van der Waals surface area contributed by atoms with Crippen molar-refractivity contribution < 1.29 is 9.90 Å². The van der Waals surface area contributed by atoms with Gasteiger partial charge in [0.1, 0.15) is 0 Å². The van der Waals surface area contributed by atoms with Crippen LogP contribution in [0.2, 0.25) is 0 Å². The summed E-state index contributed by atoms with van der Waals surface area (Å²) in [5, 5.41) is 12.2. The molecule has 0 atom stereocenters. The number of carboxylic acids is 1. The molecule has 1 rings (SSSR count). The molecule has 1 aromatic heterocycles. The first-order valence-corrected chi connectivity index (χ1v) is 4.14. The number of carbonyl (C=O) groups is 1. The van der Waals surface area contributed by atoms with E-state index in [0.717, 1.165) is 11.6 Å². The molecule has 0 spiro atoms. The number of thiophene rings is 1. The van der Waals surface area contributed by atoms with Crippen molar-refractivity contribution in [2.75, 3.05) is 0 Å². The van der Waals surface area contributed by atoms with E-state index in [9.17, 15) is 4.79 Å². The molecule has 0 aromatic carbocycles. The maximum absolute atomic E-state index is 10.0. The van der Waals surface area contributed by atoms with Crippen molar-refractivity contribution in [3.63, 3.8) is 0 Å². The first kappa shape index (κ1) is 8.01. The number of allylic oxidation sites excluding steroid dienone is 1. The van der Waals surface area contributed by atoms with E-state index in [-0.39, 0.29) is 0 Å². The first-order chi connectivity index (χ1) is 5.29. The Labute approximate surface area is 68.8 Å². The molecule has 0 fully saturated rings. The summed E-state index contributed by atoms with van der Waals surface area (Å²) in [5.41, 5.74) is 1.16. The van der Waals surface area contributed by atoms with Gasteiger partial charge in [0.15, 0.2) is 0 Å². The van der Waals surface area contributed by atoms with Crippen LogP contribution in [0.1, 0.15) is 5.56 Å². The molecular weight excluding hydrogens is 160 g/mol. The van der Waals surface area contributed by atoms with Gasteiger partial charge in [-0.05, 0) is 28.8 Å². The fraction of sp³-hybridized carbons (Fsp3) is 0.125. The van der Waals surface area contributed by atoms with Crippen molar-refractivity contribution in [2.45, 2.75) is 6.42 Å². The summed E-state index contributed by atoms with van der Waals surface area (Å²) < 4.78 is 0. The molecule has 0 radical (unpaired) electrons. The molecule has 1 heterocycles. The highest BCUT2D eigenvalue weighted by molar-refractivity contribution is 7.07. The second-order valence-corrected chi connectivity index (χ2v) is 2.86. The highest BCUT2D eigenvalue weighted by Gasteiger charge is 1.89. The van der Waals surface area contributed by atoms with Gasteiger partial charge in [0, 0.05) is 6.08 Å². The normalized spacial score (nSPS) is 10.5. The maximum atomic E-state index is 10.0. The van der Waals surface area contributed by atoms with Gasteiger partial charge in [0.2, 0.25) is 0 Å². The summed E-state index contributed by atoms with van der Waals surface area (Å²) in [7, 11) is 0. The second-order valence-electron chi connectivity index (χ2n) is 2.08. The molecule has 58 valence electrons. The topological polar surface area (TPSA) is 37.3 Å². The molecule has 0 saturated heterocycles. The lowest BCUT2D eigenvalue weighted by Crippen LogP contribution is -1.86. The number of hydrogen-bond acceptors (Lipinski definition) is 2. The molecule has 0 amide bonds. The highest BCUT2D eigenvalue weighted by Crippen LogP contribution is 2.06. The summed E-state index contributed by atoms with van der Waals surface area (Å²) in [6.07, 6.45) is 3.51. The molecule has 11 heavy (non-hydrogen) atoms. The second kappa shape index (κ2) is 3.93. The van der Waals surface area contributed by atoms with Crippen LogP contribution in [0.5, 0.6) is 0 Å². The van der Waals surface area contributed by atoms with Crippen LogP contribution in [0.15, 0.2) is 29.0 Å². The molecule has 0 unspecified atom stereocenters. The molecule has 1 aromatic rings. The van der Waals surface area contributed by atoms with E-state index in [2.05, 4.69) is 0 Å². The number of hydrogen-bond donors (Lipinski definition) is 1. The highest BCUT2D eigenvalue weighted by atomic mass is 32.1. The van der Waals surface area contributed by atoms with Gasteiger partial charge in [0.05, 0.1) is 0 Å². The van der Waals surface area contributed by atoms with E-state index in [1.807, 2.05) is 16.8 Å². The molecule has 0 saturated carbocycles. The minimum atomic E-state index is -0.889. The van der Waals surface area contributed by atoms with Crippen LogP contribution in [0.3, 0.4) is 0 Å². The van der Waals surface area contributed by atoms with E-state index in [1.165, 1.54) is 0 Å². The zero-order valence-electron chi connectivity index (χ0n) is 5.86. The largest absolute Gasteiger partial charge is 0.478 e. The Balaban J connectivity index is 2.40. The SMILES string of the molecule is O=C(O)C=CCc1ccsc1. The van der Waals surface area contributed by atoms with Gasteiger partial charge in [-0.3, -0.25) is 0 Å². The van der Waals surface area contributed by atoms with E-state index in [0.29, 0.717) is 6.42 Å². The average molecular weight is 168 g/mol. The number of rotatable bonds is 3. The van der Waals surface area contributed by atoms with Gasteiger partial charge in [-0.25, -0.2) is 4.79 Å². The van der Waals surface area contributed by atoms with Crippen LogP contribution in [0.4, 0.5) is 0 Å². The van der Waals surface area contributed by atoms with Crippen molar-refractivity contribution in [3.8, 4) is 0 Å². The summed E-state index contributed by atoms with van der Waals surface area (Å²) in [6.45, 7) is 0. The zero-order chi connectivity index (χ0) is 8.10. The summed E-state index contributed by atoms with van der Waals surface area (Å²) in [5.74, 6) is -0.889. The fourth-order valence-electron chi connectivity index (χ4n) is 0.705. The lowest BCUT2D eigenvalue weighted by Gasteiger charge is -1.84. The lowest BCUT2D eigenvalue weighted by molar-refractivity contribution is -0.131. The first-order valence-electron chi connectivity index (χ1n) is 3.19. The molecule has 0 aliphatic heterocycles. The van der Waals surface area contributed by atoms with E-state index in [4.69, 9.17) is 5.11 Å². The van der Waals surface area contributed by atoms with Gasteiger partial charge in [-0.2, -0.15) is 11.3 Å². The minimum absolute atomic E-state index is 0.704. The quantitative estimate of drug-likeness (QED) is 0.700. The van der Waals surface area contributed by atoms with Crippen LogP contribution in [-0.2, 0) is 11.2 Å². The Kier molecular flexibility index (Phi) is 2.86. The van der Waals surface area contributed by atoms with Crippen molar-refractivity contribution in [1.29, 1.82) is 0 Å². The Hall–Kier alpha value is -1.09. The monoisotopic (exact) mass is 168 g/mol. The molecule has 0 bridgehead atoms. The Bertz CT molecular complexity index is 249. The van der Waals surface area contributed by atoms with Crippen molar-refractivity contribution >= 4 is 17.3 Å². The summed E-state index contributed by atoms with van der Waals surface area (Å²) in [6, 6.07) is 1.98. The number of aliphatic carboxylic acids is 1. The van der Waals surface area contributed by atoms with Crippen molar-refractivity contribution in [2.24, 2.45) is 0 Å². The third-order valence-corrected chi connectivity index (χ3v) is 1.93. The van der Waals surface area contributed by atoms with Gasteiger partial charge in [-0.15, -0.1) is 0 Å². The lowest BCUT2D eigenvalue weighted by atomic mass is 10.2. The molecule has 0 aliphatic carbocycles. The maximum Gasteiger partial charge on any atom is 0.327 e. The third kappa shape index (κ3) is 3.00. The molecular formula is C8H8O2S. The third-order valence-electron chi connectivity index (χ3n) is 1.19. The number of carboxylic acid groups (broad SMARTS) is 1. The smallest absolute Gasteiger partial charge is 0.327 e. The molecule has 0 aliphatic rings. The van der Waals surface area contributed by atoms with E-state index in [1.54, 1.807) is 17.4 Å². The fourth-order valence-corrected chi connectivity index (χ4v) is 1.39. The Morgan fingerprint density at radius 3 is 3.09 bits per heavy atom. The van der Waals surface area contributed by atoms with Crippen LogP contribution < -0.4 is 0 Å². The van der Waals surface area contributed by atoms with Crippen LogP contribution in [-0.4, -0.2) is 11.1 Å². The van der Waals surface area contributed by atoms with Gasteiger partial charge >= 0.3 is 5.97 Å². The van der Waals surface area contributed by atoms with Gasteiger partial charge < -0.3 is 5.11 Å². The molecule has 3 heteroatoms. The van der Waals surface area contributed by atoms with Crippen LogP contribution in [0, 0.1) is 0 Å². The standard InChI is InChI=1S/C8H8O2S/c9-8(10)3-1-2-7-4-5-11-6-7/h1,3-6H,2H2,(H,9,10). The Morgan fingerprint density at radius 1 is 1.73 bits per heavy atom. The van der Waals surface area contributed by atoms with Crippen molar-refractivity contribution in [1.82, 2.24) is 0 Å². The van der Waals surface area contributed by atoms with Crippen LogP contribution in [0.25, 0.3) is 0 Å².